The third-order valence-electron chi connectivity index (χ3n) is 3.37. The molecule has 0 radical (unpaired) electrons. The Balaban J connectivity index is 2.18. The summed E-state index contributed by atoms with van der Waals surface area (Å²) in [5.41, 5.74) is 6.80. The summed E-state index contributed by atoms with van der Waals surface area (Å²) in [6.45, 7) is 0. The van der Waals surface area contributed by atoms with Crippen molar-refractivity contribution in [3.8, 4) is 0 Å². The second kappa shape index (κ2) is 5.93. The topological polar surface area (TPSA) is 108 Å². The van der Waals surface area contributed by atoms with Crippen LogP contribution >= 0.6 is 7.60 Å². The number of nitrogen functional groups attached to an aromatic ring is 1. The van der Waals surface area contributed by atoms with Crippen LogP contribution in [0.5, 0.6) is 0 Å². The molecule has 0 heterocycles. The molecule has 6 nitrogen and oxygen atoms in total. The molecule has 0 unspecified atom stereocenters. The maximum Gasteiger partial charge on any atom is 0.359 e. The zero-order valence-corrected chi connectivity index (χ0v) is 12.9. The highest BCUT2D eigenvalue weighted by Gasteiger charge is 2.24. The lowest BCUT2D eigenvalue weighted by atomic mass is 10.1. The van der Waals surface area contributed by atoms with Crippen molar-refractivity contribution in [1.82, 2.24) is 0 Å². The standard InChI is InChI=1S/C16H14N3O3P/c17-13-7-3-4-8-14(13)18-19-15-10-9-11-5-1-2-6-12(11)16(15)23(20,21)22/h1-10H,17H2,(H2,20,21,22). The number of hydrogen-bond donors (Lipinski definition) is 3. The Morgan fingerprint density at radius 3 is 2.22 bits per heavy atom. The average Bonchev–Trinajstić information content (AvgIpc) is 2.52. The molecule has 0 fully saturated rings. The van der Waals surface area contributed by atoms with Crippen molar-refractivity contribution < 1.29 is 14.4 Å². The molecule has 0 bridgehead atoms. The van der Waals surface area contributed by atoms with E-state index in [1.165, 1.54) is 0 Å². The van der Waals surface area contributed by atoms with E-state index in [2.05, 4.69) is 10.2 Å². The van der Waals surface area contributed by atoms with Crippen LogP contribution in [0.1, 0.15) is 0 Å². The van der Waals surface area contributed by atoms with Crippen LogP contribution in [0.3, 0.4) is 0 Å². The molecule has 0 aliphatic carbocycles. The van der Waals surface area contributed by atoms with Gasteiger partial charge in [0.15, 0.2) is 0 Å². The lowest BCUT2D eigenvalue weighted by molar-refractivity contribution is 0.388. The second-order valence-electron chi connectivity index (χ2n) is 4.96. The number of nitrogens with zero attached hydrogens (tertiary/aromatic N) is 2. The number of hydrogen-bond acceptors (Lipinski definition) is 4. The van der Waals surface area contributed by atoms with Gasteiger partial charge in [-0.15, -0.1) is 10.2 Å². The fraction of sp³-hybridized carbons (Fsp3) is 0. The van der Waals surface area contributed by atoms with Gasteiger partial charge in [0.25, 0.3) is 0 Å². The Kier molecular flexibility index (Phi) is 3.96. The van der Waals surface area contributed by atoms with E-state index in [0.29, 0.717) is 16.8 Å². The minimum absolute atomic E-state index is 0.125. The Hall–Kier alpha value is -2.53. The van der Waals surface area contributed by atoms with E-state index in [-0.39, 0.29) is 11.0 Å². The minimum atomic E-state index is -4.52. The first-order chi connectivity index (χ1) is 11.0. The third-order valence-corrected chi connectivity index (χ3v) is 4.43. The van der Waals surface area contributed by atoms with Gasteiger partial charge in [0, 0.05) is 0 Å². The molecular formula is C16H14N3O3P. The molecule has 23 heavy (non-hydrogen) atoms. The monoisotopic (exact) mass is 327 g/mol. The van der Waals surface area contributed by atoms with Crippen molar-refractivity contribution in [2.24, 2.45) is 10.2 Å². The zero-order chi connectivity index (χ0) is 16.4. The lowest BCUT2D eigenvalue weighted by Gasteiger charge is -2.10. The van der Waals surface area contributed by atoms with Gasteiger partial charge < -0.3 is 15.5 Å². The van der Waals surface area contributed by atoms with E-state index in [0.717, 1.165) is 5.39 Å². The molecule has 0 aromatic heterocycles. The summed E-state index contributed by atoms with van der Waals surface area (Å²) < 4.78 is 11.9. The van der Waals surface area contributed by atoms with Gasteiger partial charge in [-0.25, -0.2) is 0 Å². The van der Waals surface area contributed by atoms with Crippen LogP contribution < -0.4 is 11.0 Å². The molecule has 3 aromatic carbocycles. The van der Waals surface area contributed by atoms with Crippen molar-refractivity contribution in [2.75, 3.05) is 5.73 Å². The van der Waals surface area contributed by atoms with E-state index in [1.54, 1.807) is 60.7 Å². The summed E-state index contributed by atoms with van der Waals surface area (Å²) in [7, 11) is -4.52. The van der Waals surface area contributed by atoms with Crippen LogP contribution in [0.4, 0.5) is 17.1 Å². The van der Waals surface area contributed by atoms with Crippen molar-refractivity contribution in [3.05, 3.63) is 60.7 Å². The average molecular weight is 327 g/mol. The summed E-state index contributed by atoms with van der Waals surface area (Å²) >= 11 is 0. The predicted octanol–water partition coefficient (Wildman–Crippen LogP) is 3.64. The predicted molar refractivity (Wildman–Crippen MR) is 90.7 cm³/mol. The van der Waals surface area contributed by atoms with Crippen LogP contribution in [0.2, 0.25) is 0 Å². The number of azo groups is 1. The first-order valence-corrected chi connectivity index (χ1v) is 8.42. The molecule has 4 N–H and O–H groups in total. The highest BCUT2D eigenvalue weighted by Crippen LogP contribution is 2.41. The number of nitrogens with two attached hydrogens (primary N) is 1. The molecule has 0 atom stereocenters. The van der Waals surface area contributed by atoms with Crippen LogP contribution in [0.15, 0.2) is 70.9 Å². The smallest absolute Gasteiger partial charge is 0.359 e. The zero-order valence-electron chi connectivity index (χ0n) is 12.0. The van der Waals surface area contributed by atoms with Gasteiger partial charge in [0.05, 0.1) is 11.0 Å². The van der Waals surface area contributed by atoms with Gasteiger partial charge in [-0.2, -0.15) is 0 Å². The quantitative estimate of drug-likeness (QED) is 0.387. The highest BCUT2D eigenvalue weighted by atomic mass is 31.2. The molecule has 7 heteroatoms. The Bertz CT molecular complexity index is 950. The maximum absolute atomic E-state index is 11.9. The third kappa shape index (κ3) is 3.14. The van der Waals surface area contributed by atoms with Crippen molar-refractivity contribution in [2.45, 2.75) is 0 Å². The van der Waals surface area contributed by atoms with Gasteiger partial charge in [0.2, 0.25) is 0 Å². The number of anilines is 1. The van der Waals surface area contributed by atoms with Gasteiger partial charge >= 0.3 is 7.60 Å². The summed E-state index contributed by atoms with van der Waals surface area (Å²) in [6.07, 6.45) is 0. The maximum atomic E-state index is 11.9. The SMILES string of the molecule is Nc1ccccc1N=Nc1ccc2ccccc2c1P(=O)(O)O. The molecular weight excluding hydrogens is 313 g/mol. The van der Waals surface area contributed by atoms with Crippen LogP contribution in [-0.2, 0) is 4.57 Å². The second-order valence-corrected chi connectivity index (χ2v) is 6.49. The van der Waals surface area contributed by atoms with E-state index < -0.39 is 7.60 Å². The molecule has 0 amide bonds. The van der Waals surface area contributed by atoms with Gasteiger partial charge in [0.1, 0.15) is 11.4 Å². The van der Waals surface area contributed by atoms with Gasteiger partial charge in [-0.3, -0.25) is 4.57 Å². The van der Waals surface area contributed by atoms with E-state index in [9.17, 15) is 14.4 Å². The Labute approximate surface area is 132 Å². The van der Waals surface area contributed by atoms with Crippen LogP contribution in [0, 0.1) is 0 Å². The molecule has 0 saturated heterocycles. The molecule has 0 saturated carbocycles. The fourth-order valence-electron chi connectivity index (χ4n) is 2.32. The number of fused-ring (bicyclic) bond motifs is 1. The van der Waals surface area contributed by atoms with Crippen LogP contribution in [0.25, 0.3) is 10.8 Å². The summed E-state index contributed by atoms with van der Waals surface area (Å²) in [5, 5.41) is 9.07. The summed E-state index contributed by atoms with van der Waals surface area (Å²) in [4.78, 5) is 19.4. The largest absolute Gasteiger partial charge is 0.397 e. The van der Waals surface area contributed by atoms with E-state index in [4.69, 9.17) is 5.73 Å². The Morgan fingerprint density at radius 2 is 1.48 bits per heavy atom. The lowest BCUT2D eigenvalue weighted by Crippen LogP contribution is -2.06. The van der Waals surface area contributed by atoms with Gasteiger partial charge in [-0.05, 0) is 29.0 Å². The highest BCUT2D eigenvalue weighted by molar-refractivity contribution is 7.61. The number of rotatable bonds is 3. The normalized spacial score (nSPS) is 12.1. The van der Waals surface area contributed by atoms with Crippen molar-refractivity contribution in [1.29, 1.82) is 0 Å². The Morgan fingerprint density at radius 1 is 0.826 bits per heavy atom. The van der Waals surface area contributed by atoms with Crippen LogP contribution in [-0.4, -0.2) is 9.79 Å². The first-order valence-electron chi connectivity index (χ1n) is 6.81. The van der Waals surface area contributed by atoms with Crippen molar-refractivity contribution >= 4 is 40.7 Å². The number of benzene rings is 3. The van der Waals surface area contributed by atoms with Gasteiger partial charge in [-0.1, -0.05) is 42.5 Å². The summed E-state index contributed by atoms with van der Waals surface area (Å²) in [6, 6.07) is 17.1. The molecule has 0 spiro atoms. The summed E-state index contributed by atoms with van der Waals surface area (Å²) in [5.74, 6) is 0. The van der Waals surface area contributed by atoms with E-state index in [1.807, 2.05) is 0 Å². The number of para-hydroxylation sites is 1. The fourth-order valence-corrected chi connectivity index (χ4v) is 3.25. The first kappa shape index (κ1) is 15.4. The molecule has 3 rings (SSSR count). The minimum Gasteiger partial charge on any atom is -0.397 e. The molecule has 116 valence electrons. The molecule has 3 aromatic rings. The molecule has 0 aliphatic heterocycles. The molecule has 0 aliphatic rings. The van der Waals surface area contributed by atoms with E-state index >= 15 is 0 Å². The van der Waals surface area contributed by atoms with Crippen molar-refractivity contribution in [3.63, 3.8) is 0 Å².